The Morgan fingerprint density at radius 3 is 2.40 bits per heavy atom. The molecule has 0 radical (unpaired) electrons. The summed E-state index contributed by atoms with van der Waals surface area (Å²) < 4.78 is 1.74. The van der Waals surface area contributed by atoms with Gasteiger partial charge in [-0.1, -0.05) is 6.92 Å². The van der Waals surface area contributed by atoms with Crippen molar-refractivity contribution in [3.05, 3.63) is 24.0 Å². The van der Waals surface area contributed by atoms with Crippen LogP contribution in [0.1, 0.15) is 19.2 Å². The molecule has 6 nitrogen and oxygen atoms in total. The highest BCUT2D eigenvalue weighted by Gasteiger charge is 2.34. The summed E-state index contributed by atoms with van der Waals surface area (Å²) in [6.07, 6.45) is 1.56. The first-order valence-electron chi connectivity index (χ1n) is 6.71. The van der Waals surface area contributed by atoms with Crippen LogP contribution in [0.15, 0.2) is 18.2 Å². The summed E-state index contributed by atoms with van der Waals surface area (Å²) in [5.74, 6) is 0.727. The summed E-state index contributed by atoms with van der Waals surface area (Å²) in [6.45, 7) is 0.919. The van der Waals surface area contributed by atoms with E-state index in [0.29, 0.717) is 17.6 Å². The Labute approximate surface area is 117 Å². The minimum Gasteiger partial charge on any atom is -0.399 e. The van der Waals surface area contributed by atoms with Crippen LogP contribution in [0.25, 0.3) is 11.0 Å². The summed E-state index contributed by atoms with van der Waals surface area (Å²) in [4.78, 5) is 4.52. The molecule has 0 amide bonds. The molecule has 2 rings (SSSR count). The van der Waals surface area contributed by atoms with Crippen molar-refractivity contribution >= 4 is 16.7 Å². The third-order valence-electron chi connectivity index (χ3n) is 3.58. The van der Waals surface area contributed by atoms with Gasteiger partial charge in [-0.3, -0.25) is 0 Å². The quantitative estimate of drug-likeness (QED) is 0.567. The molecule has 1 heterocycles. The Kier molecular flexibility index (Phi) is 4.27. The summed E-state index contributed by atoms with van der Waals surface area (Å²) in [7, 11) is 0. The maximum atomic E-state index is 9.66. The van der Waals surface area contributed by atoms with Crippen LogP contribution < -0.4 is 5.73 Å². The maximum Gasteiger partial charge on any atom is 0.115 e. The van der Waals surface area contributed by atoms with Gasteiger partial charge >= 0.3 is 0 Å². The highest BCUT2D eigenvalue weighted by Crippen LogP contribution is 2.27. The van der Waals surface area contributed by atoms with Crippen LogP contribution in [0.3, 0.4) is 0 Å². The third-order valence-corrected chi connectivity index (χ3v) is 3.58. The van der Waals surface area contributed by atoms with Crippen LogP contribution in [-0.2, 0) is 12.0 Å². The lowest BCUT2D eigenvalue weighted by Gasteiger charge is -2.31. The number of nitrogen functional groups attached to an aromatic ring is 1. The van der Waals surface area contributed by atoms with Gasteiger partial charge in [-0.05, 0) is 24.6 Å². The summed E-state index contributed by atoms with van der Waals surface area (Å²) in [5.41, 5.74) is 6.67. The number of aryl methyl sites for hydroxylation is 1. The van der Waals surface area contributed by atoms with Crippen molar-refractivity contribution in [1.29, 1.82) is 0 Å². The lowest BCUT2D eigenvalue weighted by Crippen LogP contribution is -2.45. The molecule has 6 heteroatoms. The van der Waals surface area contributed by atoms with Crippen molar-refractivity contribution in [2.75, 3.05) is 25.6 Å². The van der Waals surface area contributed by atoms with Crippen LogP contribution in [0, 0.1) is 0 Å². The van der Waals surface area contributed by atoms with Crippen molar-refractivity contribution in [3.8, 4) is 0 Å². The van der Waals surface area contributed by atoms with Gasteiger partial charge in [-0.15, -0.1) is 0 Å². The van der Waals surface area contributed by atoms with Crippen LogP contribution >= 0.6 is 0 Å². The molecule has 110 valence electrons. The van der Waals surface area contributed by atoms with Crippen molar-refractivity contribution in [3.63, 3.8) is 0 Å². The summed E-state index contributed by atoms with van der Waals surface area (Å²) in [5, 5.41) is 29.0. The number of aliphatic hydroxyl groups excluding tert-OH is 3. The van der Waals surface area contributed by atoms with E-state index in [4.69, 9.17) is 5.73 Å². The molecule has 0 fully saturated rings. The molecule has 0 bridgehead atoms. The number of hydrogen-bond donors (Lipinski definition) is 4. The Hall–Kier alpha value is -1.63. The van der Waals surface area contributed by atoms with Crippen LogP contribution in [-0.4, -0.2) is 44.7 Å². The fraction of sp³-hybridized carbons (Fsp3) is 0.500. The lowest BCUT2D eigenvalue weighted by atomic mass is 10.0. The molecule has 0 saturated carbocycles. The molecule has 0 saturated heterocycles. The number of benzene rings is 1. The normalized spacial score (nSPS) is 12.2. The predicted molar refractivity (Wildman–Crippen MR) is 77.4 cm³/mol. The van der Waals surface area contributed by atoms with Crippen LogP contribution in [0.5, 0.6) is 0 Å². The number of fused-ring (bicyclic) bond motifs is 1. The second-order valence-electron chi connectivity index (χ2n) is 5.06. The number of rotatable bonds is 6. The SMILES string of the molecule is CCCc1nc2cc(N)ccc2n1C(CO)(CO)CO. The van der Waals surface area contributed by atoms with E-state index in [1.807, 2.05) is 6.92 Å². The smallest absolute Gasteiger partial charge is 0.115 e. The molecular weight excluding hydrogens is 258 g/mol. The zero-order chi connectivity index (χ0) is 14.8. The predicted octanol–water partition coefficient (Wildman–Crippen LogP) is 0.243. The molecule has 0 unspecified atom stereocenters. The van der Waals surface area contributed by atoms with Crippen molar-refractivity contribution < 1.29 is 15.3 Å². The Morgan fingerprint density at radius 1 is 1.20 bits per heavy atom. The molecule has 1 aromatic carbocycles. The molecule has 5 N–H and O–H groups in total. The van der Waals surface area contributed by atoms with E-state index in [1.54, 1.807) is 22.8 Å². The van der Waals surface area contributed by atoms with Gasteiger partial charge in [0.05, 0.1) is 30.9 Å². The molecule has 0 atom stereocenters. The number of aromatic nitrogens is 2. The van der Waals surface area contributed by atoms with Gasteiger partial charge < -0.3 is 25.6 Å². The van der Waals surface area contributed by atoms with E-state index in [-0.39, 0.29) is 19.8 Å². The number of imidazole rings is 1. The first kappa shape index (κ1) is 14.8. The molecular formula is C14H21N3O3. The Bertz CT molecular complexity index is 582. The summed E-state index contributed by atoms with van der Waals surface area (Å²) in [6, 6.07) is 5.29. The fourth-order valence-electron chi connectivity index (χ4n) is 2.43. The second-order valence-corrected chi connectivity index (χ2v) is 5.06. The zero-order valence-electron chi connectivity index (χ0n) is 11.6. The van der Waals surface area contributed by atoms with Gasteiger partial charge in [0.25, 0.3) is 0 Å². The molecule has 0 aliphatic heterocycles. The molecule has 1 aromatic heterocycles. The zero-order valence-corrected chi connectivity index (χ0v) is 11.6. The van der Waals surface area contributed by atoms with E-state index in [1.165, 1.54) is 0 Å². The number of hydrogen-bond acceptors (Lipinski definition) is 5. The molecule has 2 aromatic rings. The minimum absolute atomic E-state index is 0.369. The van der Waals surface area contributed by atoms with E-state index >= 15 is 0 Å². The van der Waals surface area contributed by atoms with Gasteiger partial charge in [0.2, 0.25) is 0 Å². The van der Waals surface area contributed by atoms with Crippen LogP contribution in [0.4, 0.5) is 5.69 Å². The first-order valence-corrected chi connectivity index (χ1v) is 6.71. The number of aliphatic hydroxyl groups is 3. The van der Waals surface area contributed by atoms with E-state index < -0.39 is 5.54 Å². The minimum atomic E-state index is -1.16. The monoisotopic (exact) mass is 279 g/mol. The van der Waals surface area contributed by atoms with E-state index in [2.05, 4.69) is 4.98 Å². The van der Waals surface area contributed by atoms with Crippen molar-refractivity contribution in [1.82, 2.24) is 9.55 Å². The highest BCUT2D eigenvalue weighted by atomic mass is 16.3. The van der Waals surface area contributed by atoms with Gasteiger partial charge in [-0.25, -0.2) is 4.98 Å². The lowest BCUT2D eigenvalue weighted by molar-refractivity contribution is 0.0161. The number of nitrogens with zero attached hydrogens (tertiary/aromatic N) is 2. The maximum absolute atomic E-state index is 9.66. The molecule has 0 aliphatic carbocycles. The van der Waals surface area contributed by atoms with Gasteiger partial charge in [0, 0.05) is 12.1 Å². The highest BCUT2D eigenvalue weighted by molar-refractivity contribution is 5.80. The summed E-state index contributed by atoms with van der Waals surface area (Å²) >= 11 is 0. The largest absolute Gasteiger partial charge is 0.399 e. The number of anilines is 1. The van der Waals surface area contributed by atoms with Gasteiger partial charge in [-0.2, -0.15) is 0 Å². The van der Waals surface area contributed by atoms with Gasteiger partial charge in [0.15, 0.2) is 0 Å². The first-order chi connectivity index (χ1) is 9.61. The third kappa shape index (κ3) is 2.26. The molecule has 20 heavy (non-hydrogen) atoms. The average molecular weight is 279 g/mol. The second kappa shape index (κ2) is 5.78. The standard InChI is InChI=1S/C14H21N3O3/c1-2-3-13-16-11-6-10(15)4-5-12(11)17(13)14(7-18,8-19)9-20/h4-6,18-20H,2-3,7-9,15H2,1H3. The van der Waals surface area contributed by atoms with Crippen molar-refractivity contribution in [2.45, 2.75) is 25.3 Å². The molecule has 0 spiro atoms. The van der Waals surface area contributed by atoms with Gasteiger partial charge in [0.1, 0.15) is 11.4 Å². The Morgan fingerprint density at radius 2 is 1.85 bits per heavy atom. The number of nitrogens with two attached hydrogens (primary N) is 1. The Balaban J connectivity index is 2.73. The van der Waals surface area contributed by atoms with E-state index in [9.17, 15) is 15.3 Å². The van der Waals surface area contributed by atoms with E-state index in [0.717, 1.165) is 17.8 Å². The fourth-order valence-corrected chi connectivity index (χ4v) is 2.43. The molecule has 0 aliphatic rings. The topological polar surface area (TPSA) is 105 Å². The average Bonchev–Trinajstić information content (AvgIpc) is 2.80. The van der Waals surface area contributed by atoms with Crippen LogP contribution in [0.2, 0.25) is 0 Å². The van der Waals surface area contributed by atoms with Crippen molar-refractivity contribution in [2.24, 2.45) is 0 Å².